The van der Waals surface area contributed by atoms with Crippen molar-refractivity contribution in [3.05, 3.63) is 64.7 Å². The number of benzene rings is 1. The van der Waals surface area contributed by atoms with E-state index in [9.17, 15) is 4.39 Å². The van der Waals surface area contributed by atoms with Gasteiger partial charge in [0.15, 0.2) is 0 Å². The minimum atomic E-state index is -0.469. The van der Waals surface area contributed by atoms with Crippen LogP contribution in [-0.4, -0.2) is 4.98 Å². The van der Waals surface area contributed by atoms with Crippen molar-refractivity contribution in [2.75, 3.05) is 0 Å². The fourth-order valence-corrected chi connectivity index (χ4v) is 1.79. The van der Waals surface area contributed by atoms with Crippen LogP contribution >= 0.6 is 11.6 Å². The highest BCUT2D eigenvalue weighted by Gasteiger charge is 2.01. The zero-order chi connectivity index (χ0) is 14.5. The van der Waals surface area contributed by atoms with Gasteiger partial charge in [0, 0.05) is 12.1 Å². The topological polar surface area (TPSA) is 24.9 Å². The summed E-state index contributed by atoms with van der Waals surface area (Å²) >= 11 is 6.03. The van der Waals surface area contributed by atoms with E-state index in [-0.39, 0.29) is 0 Å². The van der Waals surface area contributed by atoms with Gasteiger partial charge in [-0.2, -0.15) is 4.39 Å². The van der Waals surface area contributed by atoms with Crippen molar-refractivity contribution in [3.8, 4) is 11.3 Å². The maximum absolute atomic E-state index is 13.1. The molecule has 104 valence electrons. The lowest BCUT2D eigenvalue weighted by Gasteiger charge is -2.07. The van der Waals surface area contributed by atoms with Crippen LogP contribution in [0.5, 0.6) is 0 Å². The molecule has 0 aliphatic carbocycles. The van der Waals surface area contributed by atoms with Gasteiger partial charge < -0.3 is 5.32 Å². The summed E-state index contributed by atoms with van der Waals surface area (Å²) in [7, 11) is 0. The zero-order valence-electron chi connectivity index (χ0n) is 11.5. The molecule has 0 unspecified atom stereocenters. The Morgan fingerprint density at radius 2 is 1.85 bits per heavy atom. The number of hydrogen-bond donors (Lipinski definition) is 1. The molecule has 0 saturated heterocycles. The normalized spacial score (nSPS) is 10.2. The van der Waals surface area contributed by atoms with E-state index in [2.05, 4.69) is 10.3 Å². The van der Waals surface area contributed by atoms with E-state index in [1.807, 2.05) is 38.1 Å². The third-order valence-electron chi connectivity index (χ3n) is 2.85. The number of aromatic nitrogens is 1. The van der Waals surface area contributed by atoms with Crippen LogP contribution in [0.1, 0.15) is 19.4 Å². The molecular formula is C16H16ClFN2. The summed E-state index contributed by atoms with van der Waals surface area (Å²) in [6, 6.07) is 12.6. The molecule has 1 heterocycles. The number of hydrogen-bond acceptors (Lipinski definition) is 2. The first kappa shape index (κ1) is 14.5. The maximum Gasteiger partial charge on any atom is 0.213 e. The SMILES string of the molecule is CC(C)=C(Cl)NCc1ccc(-c2cccc(F)n2)cc1. The predicted molar refractivity (Wildman–Crippen MR) is 80.7 cm³/mol. The Kier molecular flexibility index (Phi) is 4.74. The molecule has 1 aromatic carbocycles. The lowest BCUT2D eigenvalue weighted by Crippen LogP contribution is -2.09. The Labute approximate surface area is 123 Å². The van der Waals surface area contributed by atoms with Crippen molar-refractivity contribution in [3.63, 3.8) is 0 Å². The van der Waals surface area contributed by atoms with Gasteiger partial charge >= 0.3 is 0 Å². The first-order valence-corrected chi connectivity index (χ1v) is 6.73. The summed E-state index contributed by atoms with van der Waals surface area (Å²) in [6.45, 7) is 4.56. The van der Waals surface area contributed by atoms with Gasteiger partial charge in [-0.05, 0) is 37.1 Å². The average molecular weight is 291 g/mol. The van der Waals surface area contributed by atoms with Gasteiger partial charge in [0.05, 0.1) is 5.69 Å². The molecule has 1 N–H and O–H groups in total. The number of nitrogens with one attached hydrogen (secondary N) is 1. The number of halogens is 2. The largest absolute Gasteiger partial charge is 0.372 e. The second kappa shape index (κ2) is 6.53. The van der Waals surface area contributed by atoms with Crippen molar-refractivity contribution < 1.29 is 4.39 Å². The molecule has 2 nitrogen and oxygen atoms in total. The van der Waals surface area contributed by atoms with Crippen LogP contribution in [-0.2, 0) is 6.54 Å². The minimum absolute atomic E-state index is 0.469. The van der Waals surface area contributed by atoms with Crippen LogP contribution in [0.25, 0.3) is 11.3 Å². The second-order valence-corrected chi connectivity index (χ2v) is 5.09. The molecule has 0 saturated carbocycles. The molecule has 0 spiro atoms. The van der Waals surface area contributed by atoms with Crippen LogP contribution in [0.4, 0.5) is 4.39 Å². The third kappa shape index (κ3) is 3.81. The Hall–Kier alpha value is -1.87. The fraction of sp³-hybridized carbons (Fsp3) is 0.188. The molecule has 0 aliphatic heterocycles. The summed E-state index contributed by atoms with van der Waals surface area (Å²) in [5.41, 5.74) is 3.67. The molecule has 2 aromatic rings. The lowest BCUT2D eigenvalue weighted by atomic mass is 10.1. The van der Waals surface area contributed by atoms with Crippen molar-refractivity contribution in [2.45, 2.75) is 20.4 Å². The summed E-state index contributed by atoms with van der Waals surface area (Å²) < 4.78 is 13.1. The highest BCUT2D eigenvalue weighted by molar-refractivity contribution is 6.29. The molecule has 0 fully saturated rings. The molecule has 2 rings (SSSR count). The van der Waals surface area contributed by atoms with Crippen molar-refractivity contribution in [1.29, 1.82) is 0 Å². The quantitative estimate of drug-likeness (QED) is 0.664. The van der Waals surface area contributed by atoms with Crippen LogP contribution < -0.4 is 5.32 Å². The molecular weight excluding hydrogens is 275 g/mol. The highest BCUT2D eigenvalue weighted by Crippen LogP contribution is 2.18. The van der Waals surface area contributed by atoms with E-state index < -0.39 is 5.95 Å². The van der Waals surface area contributed by atoms with Crippen molar-refractivity contribution >= 4 is 11.6 Å². The van der Waals surface area contributed by atoms with Crippen LogP contribution in [0.15, 0.2) is 53.2 Å². The molecule has 0 atom stereocenters. The number of allylic oxidation sites excluding steroid dienone is 1. The van der Waals surface area contributed by atoms with Gasteiger partial charge in [0.1, 0.15) is 5.16 Å². The Morgan fingerprint density at radius 1 is 1.15 bits per heavy atom. The molecule has 0 radical (unpaired) electrons. The maximum atomic E-state index is 13.1. The molecule has 0 amide bonds. The van der Waals surface area contributed by atoms with Crippen LogP contribution in [0.3, 0.4) is 0 Å². The lowest BCUT2D eigenvalue weighted by molar-refractivity contribution is 0.585. The van der Waals surface area contributed by atoms with E-state index in [0.717, 1.165) is 16.7 Å². The third-order valence-corrected chi connectivity index (χ3v) is 3.36. The first-order chi connectivity index (χ1) is 9.56. The van der Waals surface area contributed by atoms with Gasteiger partial charge in [0.25, 0.3) is 0 Å². The summed E-state index contributed by atoms with van der Waals surface area (Å²) in [5.74, 6) is -0.469. The molecule has 0 bridgehead atoms. The van der Waals surface area contributed by atoms with Crippen molar-refractivity contribution in [2.24, 2.45) is 0 Å². The summed E-state index contributed by atoms with van der Waals surface area (Å²) in [5, 5.41) is 3.80. The van der Waals surface area contributed by atoms with Gasteiger partial charge in [-0.3, -0.25) is 0 Å². The Bertz CT molecular complexity index is 617. The molecule has 4 heteroatoms. The fourth-order valence-electron chi connectivity index (χ4n) is 1.72. The molecule has 0 aliphatic rings. The van der Waals surface area contributed by atoms with E-state index >= 15 is 0 Å². The monoisotopic (exact) mass is 290 g/mol. The molecule has 1 aromatic heterocycles. The average Bonchev–Trinajstić information content (AvgIpc) is 2.45. The predicted octanol–water partition coefficient (Wildman–Crippen LogP) is 4.47. The van der Waals surface area contributed by atoms with Crippen LogP contribution in [0.2, 0.25) is 0 Å². The zero-order valence-corrected chi connectivity index (χ0v) is 12.2. The number of pyridine rings is 1. The van der Waals surface area contributed by atoms with Crippen molar-refractivity contribution in [1.82, 2.24) is 10.3 Å². The molecule has 20 heavy (non-hydrogen) atoms. The first-order valence-electron chi connectivity index (χ1n) is 6.35. The van der Waals surface area contributed by atoms with Crippen LogP contribution in [0, 0.1) is 5.95 Å². The van der Waals surface area contributed by atoms with E-state index in [4.69, 9.17) is 11.6 Å². The Morgan fingerprint density at radius 3 is 2.45 bits per heavy atom. The summed E-state index contributed by atoms with van der Waals surface area (Å²) in [6.07, 6.45) is 0. The van der Waals surface area contributed by atoms with E-state index in [1.165, 1.54) is 6.07 Å². The minimum Gasteiger partial charge on any atom is -0.372 e. The van der Waals surface area contributed by atoms with Gasteiger partial charge in [-0.15, -0.1) is 0 Å². The second-order valence-electron chi connectivity index (χ2n) is 4.71. The number of nitrogens with zero attached hydrogens (tertiary/aromatic N) is 1. The van der Waals surface area contributed by atoms with Gasteiger partial charge in [-0.1, -0.05) is 41.9 Å². The van der Waals surface area contributed by atoms with Gasteiger partial charge in [0.2, 0.25) is 5.95 Å². The highest BCUT2D eigenvalue weighted by atomic mass is 35.5. The standard InChI is InChI=1S/C16H16ClFN2/c1-11(2)16(17)19-10-12-6-8-13(9-7-12)14-4-3-5-15(18)20-14/h3-9,19H,10H2,1-2H3. The van der Waals surface area contributed by atoms with E-state index in [1.54, 1.807) is 12.1 Å². The van der Waals surface area contributed by atoms with E-state index in [0.29, 0.717) is 17.4 Å². The number of rotatable bonds is 4. The smallest absolute Gasteiger partial charge is 0.213 e. The Balaban J connectivity index is 2.09. The van der Waals surface area contributed by atoms with Gasteiger partial charge in [-0.25, -0.2) is 4.98 Å². The summed E-state index contributed by atoms with van der Waals surface area (Å²) in [4.78, 5) is 3.86.